The summed E-state index contributed by atoms with van der Waals surface area (Å²) in [6.07, 6.45) is 0.518. The Morgan fingerprint density at radius 3 is 2.62 bits per heavy atom. The molecule has 0 spiro atoms. The van der Waals surface area contributed by atoms with Crippen LogP contribution in [0.1, 0.15) is 25.1 Å². The number of aromatic nitrogens is 2. The van der Waals surface area contributed by atoms with E-state index in [4.69, 9.17) is 0 Å². The van der Waals surface area contributed by atoms with Crippen molar-refractivity contribution in [1.82, 2.24) is 24.5 Å². The standard InChI is InChI=1S/C20H29F3N6/c1-4-24-19(28-12-10-27(11-13-28)16(3)20(21,22)23)25-8-7-17-14-29-9-5-6-15(2)18(29)26-17/h5-6,9,14,16H,4,7-8,10-13H2,1-3H3,(H,24,25). The number of nitrogens with zero attached hydrogens (tertiary/aromatic N) is 5. The maximum Gasteiger partial charge on any atom is 0.403 e. The number of aliphatic imine (C=N–C) groups is 1. The minimum atomic E-state index is -4.19. The maximum absolute atomic E-state index is 12.9. The maximum atomic E-state index is 12.9. The molecule has 9 heteroatoms. The van der Waals surface area contributed by atoms with Crippen molar-refractivity contribution in [3.63, 3.8) is 0 Å². The van der Waals surface area contributed by atoms with Gasteiger partial charge in [-0.15, -0.1) is 0 Å². The van der Waals surface area contributed by atoms with E-state index in [2.05, 4.69) is 15.3 Å². The Labute approximate surface area is 169 Å². The molecule has 29 heavy (non-hydrogen) atoms. The molecular formula is C20H29F3N6. The number of pyridine rings is 1. The molecule has 1 aliphatic rings. The van der Waals surface area contributed by atoms with Crippen LogP contribution in [-0.2, 0) is 6.42 Å². The van der Waals surface area contributed by atoms with Crippen LogP contribution >= 0.6 is 0 Å². The molecule has 160 valence electrons. The Balaban J connectivity index is 1.59. The van der Waals surface area contributed by atoms with E-state index in [1.165, 1.54) is 11.8 Å². The summed E-state index contributed by atoms with van der Waals surface area (Å²) in [7, 11) is 0. The van der Waals surface area contributed by atoms with Crippen molar-refractivity contribution in [2.24, 2.45) is 4.99 Å². The minimum Gasteiger partial charge on any atom is -0.357 e. The summed E-state index contributed by atoms with van der Waals surface area (Å²) in [4.78, 5) is 12.9. The topological polar surface area (TPSA) is 48.2 Å². The second-order valence-corrected chi connectivity index (χ2v) is 7.38. The van der Waals surface area contributed by atoms with Gasteiger partial charge in [-0.25, -0.2) is 4.98 Å². The molecule has 0 saturated carbocycles. The molecule has 1 fully saturated rings. The van der Waals surface area contributed by atoms with E-state index in [0.29, 0.717) is 45.7 Å². The van der Waals surface area contributed by atoms with Crippen LogP contribution in [0, 0.1) is 6.92 Å². The predicted molar refractivity (Wildman–Crippen MR) is 108 cm³/mol. The predicted octanol–water partition coefficient (Wildman–Crippen LogP) is 2.72. The second-order valence-electron chi connectivity index (χ2n) is 7.38. The molecule has 0 bridgehead atoms. The zero-order chi connectivity index (χ0) is 21.0. The van der Waals surface area contributed by atoms with E-state index >= 15 is 0 Å². The van der Waals surface area contributed by atoms with Gasteiger partial charge in [0.15, 0.2) is 5.96 Å². The Morgan fingerprint density at radius 2 is 2.00 bits per heavy atom. The molecule has 1 aliphatic heterocycles. The van der Waals surface area contributed by atoms with Crippen LogP contribution in [0.25, 0.3) is 5.65 Å². The summed E-state index contributed by atoms with van der Waals surface area (Å²) >= 11 is 0. The SMILES string of the molecule is CCNC(=NCCc1cn2cccc(C)c2n1)N1CCN(C(C)C(F)(F)F)CC1. The Morgan fingerprint density at radius 1 is 1.28 bits per heavy atom. The molecule has 0 amide bonds. The average Bonchev–Trinajstić information content (AvgIpc) is 3.10. The summed E-state index contributed by atoms with van der Waals surface area (Å²) in [5.41, 5.74) is 3.05. The normalized spacial score (nSPS) is 17.7. The van der Waals surface area contributed by atoms with Crippen molar-refractivity contribution >= 4 is 11.6 Å². The van der Waals surface area contributed by atoms with Crippen LogP contribution in [-0.4, -0.2) is 76.6 Å². The first-order valence-corrected chi connectivity index (χ1v) is 10.1. The number of guanidine groups is 1. The van der Waals surface area contributed by atoms with Gasteiger partial charge >= 0.3 is 6.18 Å². The van der Waals surface area contributed by atoms with Gasteiger partial charge in [0.2, 0.25) is 0 Å². The van der Waals surface area contributed by atoms with Crippen molar-refractivity contribution < 1.29 is 13.2 Å². The first-order chi connectivity index (χ1) is 13.8. The van der Waals surface area contributed by atoms with Gasteiger partial charge in [-0.3, -0.25) is 9.89 Å². The van der Waals surface area contributed by atoms with Crippen molar-refractivity contribution in [2.45, 2.75) is 39.4 Å². The lowest BCUT2D eigenvalue weighted by Crippen LogP contribution is -2.56. The van der Waals surface area contributed by atoms with Crippen LogP contribution in [0.4, 0.5) is 13.2 Å². The van der Waals surface area contributed by atoms with E-state index < -0.39 is 12.2 Å². The smallest absolute Gasteiger partial charge is 0.357 e. The molecule has 1 unspecified atom stereocenters. The van der Waals surface area contributed by atoms with Crippen molar-refractivity contribution in [1.29, 1.82) is 0 Å². The fraction of sp³-hybridized carbons (Fsp3) is 0.600. The molecule has 0 aromatic carbocycles. The number of nitrogens with one attached hydrogen (secondary N) is 1. The Hall–Kier alpha value is -2.29. The third-order valence-corrected chi connectivity index (χ3v) is 5.33. The quantitative estimate of drug-likeness (QED) is 0.608. The highest BCUT2D eigenvalue weighted by molar-refractivity contribution is 5.80. The number of halogens is 3. The third kappa shape index (κ3) is 5.20. The van der Waals surface area contributed by atoms with Crippen LogP contribution in [0.2, 0.25) is 0 Å². The Bertz CT molecular complexity index is 836. The van der Waals surface area contributed by atoms with E-state index in [0.717, 1.165) is 22.9 Å². The number of hydrogen-bond acceptors (Lipinski definition) is 3. The van der Waals surface area contributed by atoms with Crippen LogP contribution in [0.3, 0.4) is 0 Å². The lowest BCUT2D eigenvalue weighted by atomic mass is 10.2. The molecule has 1 saturated heterocycles. The van der Waals surface area contributed by atoms with Gasteiger partial charge in [0, 0.05) is 58.1 Å². The van der Waals surface area contributed by atoms with Crippen LogP contribution < -0.4 is 5.32 Å². The molecule has 1 atom stereocenters. The number of alkyl halides is 3. The lowest BCUT2D eigenvalue weighted by molar-refractivity contribution is -0.181. The van der Waals surface area contributed by atoms with Gasteiger partial charge in [-0.1, -0.05) is 6.07 Å². The molecular weight excluding hydrogens is 381 g/mol. The highest BCUT2D eigenvalue weighted by Crippen LogP contribution is 2.25. The monoisotopic (exact) mass is 410 g/mol. The summed E-state index contributed by atoms with van der Waals surface area (Å²) < 4.78 is 40.8. The molecule has 6 nitrogen and oxygen atoms in total. The molecule has 1 N–H and O–H groups in total. The van der Waals surface area contributed by atoms with Gasteiger partial charge in [0.1, 0.15) is 11.7 Å². The van der Waals surface area contributed by atoms with Gasteiger partial charge in [0.05, 0.1) is 5.69 Å². The van der Waals surface area contributed by atoms with Crippen LogP contribution in [0.15, 0.2) is 29.5 Å². The first-order valence-electron chi connectivity index (χ1n) is 10.1. The highest BCUT2D eigenvalue weighted by Gasteiger charge is 2.41. The van der Waals surface area contributed by atoms with E-state index in [1.807, 2.05) is 47.7 Å². The fourth-order valence-electron chi connectivity index (χ4n) is 3.56. The third-order valence-electron chi connectivity index (χ3n) is 5.33. The van der Waals surface area contributed by atoms with Crippen molar-refractivity contribution in [3.05, 3.63) is 35.8 Å². The second kappa shape index (κ2) is 9.02. The zero-order valence-electron chi connectivity index (χ0n) is 17.2. The molecule has 2 aromatic rings. The van der Waals surface area contributed by atoms with Crippen molar-refractivity contribution in [3.8, 4) is 0 Å². The number of rotatable bonds is 5. The first kappa shape index (κ1) is 21.4. The fourth-order valence-corrected chi connectivity index (χ4v) is 3.56. The number of hydrogen-bond donors (Lipinski definition) is 1. The Kier molecular flexibility index (Phi) is 6.66. The number of piperazine rings is 1. The number of aryl methyl sites for hydroxylation is 1. The zero-order valence-corrected chi connectivity index (χ0v) is 17.2. The summed E-state index contributed by atoms with van der Waals surface area (Å²) in [6.45, 7) is 8.34. The summed E-state index contributed by atoms with van der Waals surface area (Å²) in [6, 6.07) is 2.61. The highest BCUT2D eigenvalue weighted by atomic mass is 19.4. The molecule has 0 aliphatic carbocycles. The summed E-state index contributed by atoms with van der Waals surface area (Å²) in [5.74, 6) is 0.756. The van der Waals surface area contributed by atoms with Gasteiger partial charge in [0.25, 0.3) is 0 Å². The lowest BCUT2D eigenvalue weighted by Gasteiger charge is -2.39. The summed E-state index contributed by atoms with van der Waals surface area (Å²) in [5, 5.41) is 3.26. The van der Waals surface area contributed by atoms with Gasteiger partial charge in [-0.05, 0) is 32.4 Å². The minimum absolute atomic E-state index is 0.372. The number of fused-ring (bicyclic) bond motifs is 1. The van der Waals surface area contributed by atoms with E-state index in [1.54, 1.807) is 0 Å². The molecule has 3 rings (SSSR count). The van der Waals surface area contributed by atoms with E-state index in [-0.39, 0.29) is 0 Å². The average molecular weight is 410 g/mol. The molecule has 2 aromatic heterocycles. The van der Waals surface area contributed by atoms with E-state index in [9.17, 15) is 13.2 Å². The van der Waals surface area contributed by atoms with Gasteiger partial charge in [-0.2, -0.15) is 13.2 Å². The molecule has 0 radical (unpaired) electrons. The van der Waals surface area contributed by atoms with Crippen LogP contribution in [0.5, 0.6) is 0 Å². The van der Waals surface area contributed by atoms with Gasteiger partial charge < -0.3 is 14.6 Å². The van der Waals surface area contributed by atoms with Crippen molar-refractivity contribution in [2.75, 3.05) is 39.3 Å². The molecule has 3 heterocycles. The number of imidazole rings is 1. The largest absolute Gasteiger partial charge is 0.403 e.